The molecule has 1 heterocycles. The van der Waals surface area contributed by atoms with Gasteiger partial charge in [0, 0.05) is 32.2 Å². The summed E-state index contributed by atoms with van der Waals surface area (Å²) in [6.07, 6.45) is 1.71. The summed E-state index contributed by atoms with van der Waals surface area (Å²) in [5, 5.41) is 12.1. The van der Waals surface area contributed by atoms with E-state index in [0.29, 0.717) is 12.5 Å². The second kappa shape index (κ2) is 6.39. The number of nitriles is 1. The van der Waals surface area contributed by atoms with Crippen LogP contribution in [-0.2, 0) is 6.42 Å². The number of nitrogens with zero attached hydrogens (tertiary/aromatic N) is 2. The van der Waals surface area contributed by atoms with Gasteiger partial charge in [0.15, 0.2) is 0 Å². The lowest BCUT2D eigenvalue weighted by molar-refractivity contribution is 0.203. The normalized spacial score (nSPS) is 21.0. The van der Waals surface area contributed by atoms with Gasteiger partial charge in [-0.15, -0.1) is 0 Å². The maximum atomic E-state index is 8.70. The average molecular weight is 229 g/mol. The molecule has 0 radical (unpaired) electrons. The number of nitrogens with one attached hydrogen (secondary N) is 1. The van der Waals surface area contributed by atoms with E-state index >= 15 is 0 Å². The number of piperazine rings is 1. The van der Waals surface area contributed by atoms with Crippen molar-refractivity contribution in [1.29, 1.82) is 5.26 Å². The first kappa shape index (κ1) is 12.1. The summed E-state index contributed by atoms with van der Waals surface area (Å²) in [7, 11) is 0. The molecular formula is C14H19N3. The first-order chi connectivity index (χ1) is 8.38. The Bertz CT molecular complexity index is 369. The highest BCUT2D eigenvalue weighted by Gasteiger charge is 2.18. The number of rotatable bonds is 4. The zero-order valence-electron chi connectivity index (χ0n) is 10.1. The second-order valence-corrected chi connectivity index (χ2v) is 4.55. The Balaban J connectivity index is 1.78. The first-order valence-electron chi connectivity index (χ1n) is 6.25. The van der Waals surface area contributed by atoms with Gasteiger partial charge in [-0.3, -0.25) is 0 Å². The Morgan fingerprint density at radius 1 is 1.35 bits per heavy atom. The lowest BCUT2D eigenvalue weighted by atomic mass is 10.1. The third kappa shape index (κ3) is 3.85. The molecule has 90 valence electrons. The standard InChI is InChI=1S/C14H19N3/c15-8-6-14-12-17(11-9-16-14)10-7-13-4-2-1-3-5-13/h1-5,14,16H,6-7,9-12H2. The maximum absolute atomic E-state index is 8.70. The van der Waals surface area contributed by atoms with Crippen LogP contribution in [0, 0.1) is 11.3 Å². The molecule has 1 aromatic carbocycles. The van der Waals surface area contributed by atoms with Gasteiger partial charge in [-0.1, -0.05) is 30.3 Å². The van der Waals surface area contributed by atoms with Crippen LogP contribution in [0.4, 0.5) is 0 Å². The van der Waals surface area contributed by atoms with E-state index in [1.54, 1.807) is 0 Å². The van der Waals surface area contributed by atoms with Crippen molar-refractivity contribution in [3.8, 4) is 6.07 Å². The molecule has 2 rings (SSSR count). The van der Waals surface area contributed by atoms with Gasteiger partial charge in [-0.2, -0.15) is 5.26 Å². The fourth-order valence-electron chi connectivity index (χ4n) is 2.28. The molecule has 1 unspecified atom stereocenters. The average Bonchev–Trinajstić information content (AvgIpc) is 2.39. The quantitative estimate of drug-likeness (QED) is 0.848. The molecule has 0 saturated carbocycles. The minimum atomic E-state index is 0.351. The van der Waals surface area contributed by atoms with Crippen LogP contribution in [0.5, 0.6) is 0 Å². The summed E-state index contributed by atoms with van der Waals surface area (Å²) in [5.74, 6) is 0. The summed E-state index contributed by atoms with van der Waals surface area (Å²) in [6, 6.07) is 13.2. The molecule has 0 aromatic heterocycles. The van der Waals surface area contributed by atoms with Gasteiger partial charge < -0.3 is 10.2 Å². The summed E-state index contributed by atoms with van der Waals surface area (Å²) >= 11 is 0. The van der Waals surface area contributed by atoms with Crippen LogP contribution in [0.15, 0.2) is 30.3 Å². The van der Waals surface area contributed by atoms with Gasteiger partial charge in [0.2, 0.25) is 0 Å². The predicted molar refractivity (Wildman–Crippen MR) is 68.6 cm³/mol. The molecular weight excluding hydrogens is 210 g/mol. The summed E-state index contributed by atoms with van der Waals surface area (Å²) in [4.78, 5) is 2.45. The predicted octanol–water partition coefficient (Wildman–Crippen LogP) is 1.42. The van der Waals surface area contributed by atoms with Crippen molar-refractivity contribution in [2.24, 2.45) is 0 Å². The lowest BCUT2D eigenvalue weighted by Gasteiger charge is -2.32. The third-order valence-electron chi connectivity index (χ3n) is 3.24. The van der Waals surface area contributed by atoms with E-state index in [1.807, 2.05) is 0 Å². The topological polar surface area (TPSA) is 39.1 Å². The van der Waals surface area contributed by atoms with E-state index in [1.165, 1.54) is 5.56 Å². The van der Waals surface area contributed by atoms with Gasteiger partial charge in [0.05, 0.1) is 12.5 Å². The zero-order chi connectivity index (χ0) is 11.9. The molecule has 17 heavy (non-hydrogen) atoms. The second-order valence-electron chi connectivity index (χ2n) is 4.55. The van der Waals surface area contributed by atoms with Crippen molar-refractivity contribution in [3.63, 3.8) is 0 Å². The number of hydrogen-bond donors (Lipinski definition) is 1. The van der Waals surface area contributed by atoms with E-state index in [0.717, 1.165) is 32.6 Å². The summed E-state index contributed by atoms with van der Waals surface area (Å²) < 4.78 is 0. The molecule has 1 aromatic rings. The maximum Gasteiger partial charge on any atom is 0.0638 e. The smallest absolute Gasteiger partial charge is 0.0638 e. The van der Waals surface area contributed by atoms with Crippen LogP contribution in [-0.4, -0.2) is 37.1 Å². The molecule has 1 saturated heterocycles. The molecule has 0 amide bonds. The molecule has 0 bridgehead atoms. The Morgan fingerprint density at radius 3 is 2.94 bits per heavy atom. The van der Waals surface area contributed by atoms with Crippen molar-refractivity contribution in [2.45, 2.75) is 18.9 Å². The molecule has 1 aliphatic heterocycles. The van der Waals surface area contributed by atoms with Crippen molar-refractivity contribution in [1.82, 2.24) is 10.2 Å². The van der Waals surface area contributed by atoms with Gasteiger partial charge in [-0.05, 0) is 12.0 Å². The van der Waals surface area contributed by atoms with E-state index in [2.05, 4.69) is 46.6 Å². The fraction of sp³-hybridized carbons (Fsp3) is 0.500. The van der Waals surface area contributed by atoms with Crippen molar-refractivity contribution in [3.05, 3.63) is 35.9 Å². The minimum absolute atomic E-state index is 0.351. The highest BCUT2D eigenvalue weighted by atomic mass is 15.2. The van der Waals surface area contributed by atoms with Gasteiger partial charge in [0.1, 0.15) is 0 Å². The molecule has 0 aliphatic carbocycles. The van der Waals surface area contributed by atoms with E-state index in [9.17, 15) is 0 Å². The van der Waals surface area contributed by atoms with Crippen LogP contribution < -0.4 is 5.32 Å². The monoisotopic (exact) mass is 229 g/mol. The third-order valence-corrected chi connectivity index (χ3v) is 3.24. The van der Waals surface area contributed by atoms with Crippen LogP contribution in [0.25, 0.3) is 0 Å². The van der Waals surface area contributed by atoms with E-state index in [4.69, 9.17) is 5.26 Å². The number of hydrogen-bond acceptors (Lipinski definition) is 3. The molecule has 3 nitrogen and oxygen atoms in total. The fourth-order valence-corrected chi connectivity index (χ4v) is 2.28. The Hall–Kier alpha value is -1.37. The Labute approximate surface area is 103 Å². The molecule has 1 N–H and O–H groups in total. The summed E-state index contributed by atoms with van der Waals surface area (Å²) in [6.45, 7) is 4.18. The van der Waals surface area contributed by atoms with Crippen molar-refractivity contribution < 1.29 is 0 Å². The first-order valence-corrected chi connectivity index (χ1v) is 6.25. The van der Waals surface area contributed by atoms with Crippen molar-refractivity contribution in [2.75, 3.05) is 26.2 Å². The molecule has 1 atom stereocenters. The molecule has 1 fully saturated rings. The van der Waals surface area contributed by atoms with Crippen LogP contribution in [0.3, 0.4) is 0 Å². The Morgan fingerprint density at radius 2 is 2.18 bits per heavy atom. The highest BCUT2D eigenvalue weighted by Crippen LogP contribution is 2.05. The lowest BCUT2D eigenvalue weighted by Crippen LogP contribution is -2.50. The van der Waals surface area contributed by atoms with Crippen LogP contribution in [0.2, 0.25) is 0 Å². The van der Waals surface area contributed by atoms with Crippen molar-refractivity contribution >= 4 is 0 Å². The molecule has 1 aliphatic rings. The number of benzene rings is 1. The van der Waals surface area contributed by atoms with Crippen LogP contribution >= 0.6 is 0 Å². The van der Waals surface area contributed by atoms with Crippen LogP contribution in [0.1, 0.15) is 12.0 Å². The van der Waals surface area contributed by atoms with E-state index in [-0.39, 0.29) is 0 Å². The SMILES string of the molecule is N#CCC1CN(CCc2ccccc2)CCN1. The van der Waals surface area contributed by atoms with Gasteiger partial charge >= 0.3 is 0 Å². The van der Waals surface area contributed by atoms with Gasteiger partial charge in [-0.25, -0.2) is 0 Å². The Kier molecular flexibility index (Phi) is 4.54. The largest absolute Gasteiger partial charge is 0.310 e. The molecule has 3 heteroatoms. The molecule has 0 spiro atoms. The highest BCUT2D eigenvalue weighted by molar-refractivity contribution is 5.14. The van der Waals surface area contributed by atoms with E-state index < -0.39 is 0 Å². The summed E-state index contributed by atoms with van der Waals surface area (Å²) in [5.41, 5.74) is 1.39. The minimum Gasteiger partial charge on any atom is -0.310 e. The van der Waals surface area contributed by atoms with Gasteiger partial charge in [0.25, 0.3) is 0 Å². The zero-order valence-corrected chi connectivity index (χ0v) is 10.1.